The molecule has 2 aromatic heterocycles. The molecule has 0 amide bonds. The molecule has 0 saturated heterocycles. The lowest BCUT2D eigenvalue weighted by molar-refractivity contribution is 0.280. The zero-order chi connectivity index (χ0) is 11.7. The van der Waals surface area contributed by atoms with Gasteiger partial charge in [0, 0.05) is 21.9 Å². The van der Waals surface area contributed by atoms with E-state index in [0.29, 0.717) is 5.82 Å². The Morgan fingerprint density at radius 1 is 1.38 bits per heavy atom. The first-order valence-electron chi connectivity index (χ1n) is 4.90. The molecule has 0 fully saturated rings. The van der Waals surface area contributed by atoms with E-state index in [1.807, 2.05) is 26.0 Å². The average molecular weight is 282 g/mol. The summed E-state index contributed by atoms with van der Waals surface area (Å²) in [5.74, 6) is 0.677. The van der Waals surface area contributed by atoms with Gasteiger partial charge in [-0.05, 0) is 41.9 Å². The molecule has 0 saturated carbocycles. The van der Waals surface area contributed by atoms with Crippen molar-refractivity contribution < 1.29 is 5.11 Å². The van der Waals surface area contributed by atoms with E-state index in [1.165, 1.54) is 0 Å². The first-order valence-corrected chi connectivity index (χ1v) is 5.70. The molecule has 5 heteroatoms. The maximum Gasteiger partial charge on any atom is 0.159 e. The van der Waals surface area contributed by atoms with E-state index in [4.69, 9.17) is 0 Å². The van der Waals surface area contributed by atoms with Crippen LogP contribution < -0.4 is 0 Å². The van der Waals surface area contributed by atoms with Crippen LogP contribution in [0, 0.1) is 13.8 Å². The van der Waals surface area contributed by atoms with Crippen LogP contribution >= 0.6 is 15.9 Å². The largest absolute Gasteiger partial charge is 0.392 e. The predicted molar refractivity (Wildman–Crippen MR) is 64.5 cm³/mol. The minimum atomic E-state index is -0.0554. The van der Waals surface area contributed by atoms with E-state index < -0.39 is 0 Å². The van der Waals surface area contributed by atoms with E-state index in [1.54, 1.807) is 10.9 Å². The molecule has 0 spiro atoms. The molecule has 0 bridgehead atoms. The van der Waals surface area contributed by atoms with Crippen LogP contribution in [-0.2, 0) is 6.61 Å². The summed E-state index contributed by atoms with van der Waals surface area (Å²) < 4.78 is 2.59. The number of aliphatic hydroxyl groups excluding tert-OH is 1. The summed E-state index contributed by atoms with van der Waals surface area (Å²) in [4.78, 5) is 4.29. The van der Waals surface area contributed by atoms with Crippen LogP contribution in [0.1, 0.15) is 17.0 Å². The normalized spacial score (nSPS) is 10.8. The monoisotopic (exact) mass is 281 g/mol. The van der Waals surface area contributed by atoms with Crippen molar-refractivity contribution in [2.75, 3.05) is 0 Å². The molecule has 1 N–H and O–H groups in total. The van der Waals surface area contributed by atoms with Gasteiger partial charge in [-0.2, -0.15) is 5.10 Å². The van der Waals surface area contributed by atoms with Gasteiger partial charge in [0.15, 0.2) is 5.82 Å². The summed E-state index contributed by atoms with van der Waals surface area (Å²) in [6.07, 6.45) is 1.70. The molecule has 2 aromatic rings. The van der Waals surface area contributed by atoms with Crippen molar-refractivity contribution in [3.63, 3.8) is 0 Å². The predicted octanol–water partition coefficient (Wildman–Crippen LogP) is 2.14. The molecule has 16 heavy (non-hydrogen) atoms. The molecule has 2 rings (SSSR count). The third-order valence-electron chi connectivity index (χ3n) is 2.29. The zero-order valence-corrected chi connectivity index (χ0v) is 10.7. The zero-order valence-electron chi connectivity index (χ0n) is 9.11. The maximum atomic E-state index is 9.30. The number of aromatic nitrogens is 3. The minimum absolute atomic E-state index is 0.0554. The second kappa shape index (κ2) is 4.35. The molecule has 0 aromatic carbocycles. The minimum Gasteiger partial charge on any atom is -0.392 e. The van der Waals surface area contributed by atoms with Gasteiger partial charge in [-0.3, -0.25) is 0 Å². The molecule has 0 aliphatic carbocycles. The molecule has 0 radical (unpaired) electrons. The second-order valence-corrected chi connectivity index (χ2v) is 4.55. The quantitative estimate of drug-likeness (QED) is 0.918. The van der Waals surface area contributed by atoms with Gasteiger partial charge in [0.25, 0.3) is 0 Å². The number of nitrogens with zero attached hydrogens (tertiary/aromatic N) is 3. The van der Waals surface area contributed by atoms with Crippen molar-refractivity contribution in [3.05, 3.63) is 39.8 Å². The smallest absolute Gasteiger partial charge is 0.159 e. The first kappa shape index (κ1) is 11.3. The second-order valence-electron chi connectivity index (χ2n) is 3.63. The Kier molecular flexibility index (Phi) is 3.07. The van der Waals surface area contributed by atoms with E-state index >= 15 is 0 Å². The fraction of sp³-hybridized carbons (Fsp3) is 0.273. The van der Waals surface area contributed by atoms with Crippen molar-refractivity contribution in [3.8, 4) is 5.82 Å². The van der Waals surface area contributed by atoms with Crippen LogP contribution in [0.5, 0.6) is 0 Å². The number of hydrogen-bond acceptors (Lipinski definition) is 3. The van der Waals surface area contributed by atoms with Crippen molar-refractivity contribution in [2.24, 2.45) is 0 Å². The van der Waals surface area contributed by atoms with E-state index in [0.717, 1.165) is 21.4 Å². The van der Waals surface area contributed by atoms with Gasteiger partial charge in [-0.1, -0.05) is 0 Å². The topological polar surface area (TPSA) is 50.9 Å². The Bertz CT molecular complexity index is 522. The summed E-state index contributed by atoms with van der Waals surface area (Å²) in [7, 11) is 0. The SMILES string of the molecule is Cc1cc(C)n(-c2ncc(Br)cc2CO)n1. The van der Waals surface area contributed by atoms with Crippen molar-refractivity contribution in [2.45, 2.75) is 20.5 Å². The van der Waals surface area contributed by atoms with Crippen LogP contribution in [-0.4, -0.2) is 19.9 Å². The highest BCUT2D eigenvalue weighted by Crippen LogP contribution is 2.18. The van der Waals surface area contributed by atoms with Crippen LogP contribution in [0.25, 0.3) is 5.82 Å². The summed E-state index contributed by atoms with van der Waals surface area (Å²) in [5, 5.41) is 13.6. The highest BCUT2D eigenvalue weighted by molar-refractivity contribution is 9.10. The van der Waals surface area contributed by atoms with E-state index in [2.05, 4.69) is 26.0 Å². The van der Waals surface area contributed by atoms with E-state index in [9.17, 15) is 5.11 Å². The first-order chi connectivity index (χ1) is 7.61. The number of hydrogen-bond donors (Lipinski definition) is 1. The summed E-state index contributed by atoms with van der Waals surface area (Å²) in [5.41, 5.74) is 2.69. The van der Waals surface area contributed by atoms with Gasteiger partial charge in [0.05, 0.1) is 12.3 Å². The summed E-state index contributed by atoms with van der Waals surface area (Å²) >= 11 is 3.33. The van der Waals surface area contributed by atoms with Gasteiger partial charge in [0.1, 0.15) is 0 Å². The molecular formula is C11H12BrN3O. The van der Waals surface area contributed by atoms with Crippen molar-refractivity contribution in [1.82, 2.24) is 14.8 Å². The lowest BCUT2D eigenvalue weighted by Gasteiger charge is -2.08. The van der Waals surface area contributed by atoms with Crippen LogP contribution in [0.3, 0.4) is 0 Å². The van der Waals surface area contributed by atoms with Crippen molar-refractivity contribution in [1.29, 1.82) is 0 Å². The lowest BCUT2D eigenvalue weighted by atomic mass is 10.2. The Morgan fingerprint density at radius 2 is 2.12 bits per heavy atom. The molecule has 0 atom stereocenters. The van der Waals surface area contributed by atoms with Gasteiger partial charge in [-0.25, -0.2) is 9.67 Å². The Labute approximate surface area is 102 Å². The number of rotatable bonds is 2. The van der Waals surface area contributed by atoms with Gasteiger partial charge in [-0.15, -0.1) is 0 Å². The highest BCUT2D eigenvalue weighted by atomic mass is 79.9. The molecule has 0 aliphatic rings. The Balaban J connectivity index is 2.59. The van der Waals surface area contributed by atoms with Crippen molar-refractivity contribution >= 4 is 15.9 Å². The summed E-state index contributed by atoms with van der Waals surface area (Å²) in [6.45, 7) is 3.84. The van der Waals surface area contributed by atoms with Gasteiger partial charge in [0.2, 0.25) is 0 Å². The average Bonchev–Trinajstić information content (AvgIpc) is 2.57. The third-order valence-corrected chi connectivity index (χ3v) is 2.72. The Hall–Kier alpha value is -1.20. The highest BCUT2D eigenvalue weighted by Gasteiger charge is 2.10. The molecule has 0 aliphatic heterocycles. The fourth-order valence-electron chi connectivity index (χ4n) is 1.62. The van der Waals surface area contributed by atoms with Crippen LogP contribution in [0.2, 0.25) is 0 Å². The standard InChI is InChI=1S/C11H12BrN3O/c1-7-3-8(2)15(14-7)11-9(6-16)4-10(12)5-13-11/h3-5,16H,6H2,1-2H3. The molecule has 84 valence electrons. The number of aliphatic hydroxyl groups is 1. The molecule has 2 heterocycles. The van der Waals surface area contributed by atoms with E-state index in [-0.39, 0.29) is 6.61 Å². The van der Waals surface area contributed by atoms with Crippen LogP contribution in [0.4, 0.5) is 0 Å². The number of halogens is 1. The van der Waals surface area contributed by atoms with Gasteiger partial charge < -0.3 is 5.11 Å². The molecule has 4 nitrogen and oxygen atoms in total. The molecule has 0 unspecified atom stereocenters. The summed E-state index contributed by atoms with van der Waals surface area (Å²) in [6, 6.07) is 3.82. The lowest BCUT2D eigenvalue weighted by Crippen LogP contribution is -2.06. The number of pyridine rings is 1. The van der Waals surface area contributed by atoms with Crippen LogP contribution in [0.15, 0.2) is 22.8 Å². The fourth-order valence-corrected chi connectivity index (χ4v) is 2.00. The van der Waals surface area contributed by atoms with Gasteiger partial charge >= 0.3 is 0 Å². The third kappa shape index (κ3) is 2.01. The Morgan fingerprint density at radius 3 is 2.69 bits per heavy atom. The number of aryl methyl sites for hydroxylation is 2. The maximum absolute atomic E-state index is 9.30. The molecular weight excluding hydrogens is 270 g/mol.